The van der Waals surface area contributed by atoms with Crippen LogP contribution >= 0.6 is 11.3 Å². The molecule has 2 rings (SSSR count). The van der Waals surface area contributed by atoms with Gasteiger partial charge in [-0.05, 0) is 49.7 Å². The number of carbonyl (C=O) groups is 1. The topological polar surface area (TPSA) is 72.5 Å². The molecule has 0 aliphatic rings. The lowest BCUT2D eigenvalue weighted by atomic mass is 10.2. The maximum Gasteiger partial charge on any atom is 0.408 e. The average molecular weight is 353 g/mol. The molecule has 0 bridgehead atoms. The van der Waals surface area contributed by atoms with Crippen LogP contribution in [0, 0.1) is 0 Å². The van der Waals surface area contributed by atoms with Crippen LogP contribution in [0.1, 0.15) is 31.7 Å². The zero-order valence-electron chi connectivity index (χ0n) is 13.1. The van der Waals surface area contributed by atoms with Crippen LogP contribution in [0.2, 0.25) is 0 Å². The second kappa shape index (κ2) is 6.72. The number of alkyl carbamates (subject to hydrolysis) is 1. The first-order chi connectivity index (χ1) is 10.7. The fourth-order valence-electron chi connectivity index (χ4n) is 1.93. The molecule has 1 heterocycles. The third kappa shape index (κ3) is 4.56. The van der Waals surface area contributed by atoms with Crippen molar-refractivity contribution in [3.05, 3.63) is 52.7 Å². The van der Waals surface area contributed by atoms with E-state index in [0.29, 0.717) is 5.56 Å². The van der Waals surface area contributed by atoms with Crippen molar-refractivity contribution in [1.29, 1.82) is 0 Å². The first kappa shape index (κ1) is 17.5. The molecule has 1 atom stereocenters. The standard InChI is InChI=1S/C16H19NO4S2/c1-16(2,3)21-15(18)17-14(12-9-10-22-11-12)23(19,20)13-7-5-4-6-8-13/h4-11,14H,1-3H3,(H,17,18). The average Bonchev–Trinajstić information content (AvgIpc) is 2.97. The number of hydrogen-bond acceptors (Lipinski definition) is 5. The molecule has 0 saturated heterocycles. The number of sulfone groups is 1. The highest BCUT2D eigenvalue weighted by atomic mass is 32.2. The van der Waals surface area contributed by atoms with Gasteiger partial charge in [0.05, 0.1) is 4.90 Å². The summed E-state index contributed by atoms with van der Waals surface area (Å²) in [5, 5.41) is 4.74. The monoisotopic (exact) mass is 353 g/mol. The lowest BCUT2D eigenvalue weighted by molar-refractivity contribution is 0.0519. The van der Waals surface area contributed by atoms with Crippen molar-refractivity contribution in [3.8, 4) is 0 Å². The molecule has 23 heavy (non-hydrogen) atoms. The van der Waals surface area contributed by atoms with Crippen molar-refractivity contribution in [3.63, 3.8) is 0 Å². The first-order valence-corrected chi connectivity index (χ1v) is 9.49. The predicted molar refractivity (Wildman–Crippen MR) is 90.1 cm³/mol. The second-order valence-corrected chi connectivity index (χ2v) is 8.75. The zero-order valence-corrected chi connectivity index (χ0v) is 14.8. The molecular weight excluding hydrogens is 334 g/mol. The summed E-state index contributed by atoms with van der Waals surface area (Å²) in [7, 11) is -3.78. The molecular formula is C16H19NO4S2. The summed E-state index contributed by atoms with van der Waals surface area (Å²) in [4.78, 5) is 12.2. The molecule has 2 aromatic rings. The Morgan fingerprint density at radius 3 is 2.35 bits per heavy atom. The Balaban J connectivity index is 2.35. The Bertz CT molecular complexity index is 747. The minimum Gasteiger partial charge on any atom is -0.444 e. The zero-order chi connectivity index (χ0) is 17.1. The lowest BCUT2D eigenvalue weighted by Gasteiger charge is -2.23. The van der Waals surface area contributed by atoms with Crippen LogP contribution in [0.4, 0.5) is 4.79 Å². The summed E-state index contributed by atoms with van der Waals surface area (Å²) < 4.78 is 30.9. The number of benzene rings is 1. The van der Waals surface area contributed by atoms with Crippen LogP contribution in [0.5, 0.6) is 0 Å². The van der Waals surface area contributed by atoms with Crippen LogP contribution in [0.25, 0.3) is 0 Å². The molecule has 7 heteroatoms. The highest BCUT2D eigenvalue weighted by molar-refractivity contribution is 7.91. The number of carbonyl (C=O) groups excluding carboxylic acids is 1. The summed E-state index contributed by atoms with van der Waals surface area (Å²) in [6.45, 7) is 5.16. The molecule has 0 fully saturated rings. The number of nitrogens with one attached hydrogen (secondary N) is 1. The Hall–Kier alpha value is -1.86. The third-order valence-corrected chi connectivity index (χ3v) is 5.52. The van der Waals surface area contributed by atoms with Gasteiger partial charge >= 0.3 is 6.09 Å². The normalized spacial score (nSPS) is 13.3. The largest absolute Gasteiger partial charge is 0.444 e. The molecule has 1 aromatic carbocycles. The molecule has 0 saturated carbocycles. The van der Waals surface area contributed by atoms with Gasteiger partial charge in [0.25, 0.3) is 0 Å². The van der Waals surface area contributed by atoms with E-state index in [1.165, 1.54) is 23.5 Å². The van der Waals surface area contributed by atoms with Gasteiger partial charge in [-0.25, -0.2) is 13.2 Å². The smallest absolute Gasteiger partial charge is 0.408 e. The van der Waals surface area contributed by atoms with E-state index in [0.717, 1.165) is 0 Å². The Labute approximate surface area is 140 Å². The summed E-state index contributed by atoms with van der Waals surface area (Å²) >= 11 is 1.36. The molecule has 0 aliphatic carbocycles. The van der Waals surface area contributed by atoms with Crippen LogP contribution in [-0.2, 0) is 14.6 Å². The van der Waals surface area contributed by atoms with E-state index < -0.39 is 26.9 Å². The van der Waals surface area contributed by atoms with E-state index in [2.05, 4.69) is 5.32 Å². The second-order valence-electron chi connectivity index (χ2n) is 5.94. The van der Waals surface area contributed by atoms with Crippen LogP contribution in [-0.4, -0.2) is 20.1 Å². The molecule has 0 spiro atoms. The maximum absolute atomic E-state index is 12.9. The van der Waals surface area contributed by atoms with Gasteiger partial charge in [-0.2, -0.15) is 11.3 Å². The van der Waals surface area contributed by atoms with Crippen LogP contribution < -0.4 is 5.32 Å². The number of amides is 1. The summed E-state index contributed by atoms with van der Waals surface area (Å²) in [5.74, 6) is 0. The van der Waals surface area contributed by atoms with Gasteiger partial charge in [-0.1, -0.05) is 18.2 Å². The van der Waals surface area contributed by atoms with Gasteiger partial charge < -0.3 is 10.1 Å². The summed E-state index contributed by atoms with van der Waals surface area (Å²) in [5.41, 5.74) is -0.204. The SMILES string of the molecule is CC(C)(C)OC(=O)NC(c1ccsc1)S(=O)(=O)c1ccccc1. The number of ether oxygens (including phenoxy) is 1. The Morgan fingerprint density at radius 2 is 1.83 bits per heavy atom. The molecule has 124 valence electrons. The number of hydrogen-bond donors (Lipinski definition) is 1. The minimum atomic E-state index is -3.78. The van der Waals surface area contributed by atoms with Gasteiger partial charge in [0, 0.05) is 5.56 Å². The van der Waals surface area contributed by atoms with Gasteiger partial charge in [-0.15, -0.1) is 0 Å². The fraction of sp³-hybridized carbons (Fsp3) is 0.312. The van der Waals surface area contributed by atoms with Gasteiger partial charge in [0.15, 0.2) is 5.37 Å². The number of thiophene rings is 1. The van der Waals surface area contributed by atoms with E-state index in [-0.39, 0.29) is 4.90 Å². The Kier molecular flexibility index (Phi) is 5.11. The quantitative estimate of drug-likeness (QED) is 0.909. The van der Waals surface area contributed by atoms with Crippen molar-refractivity contribution in [1.82, 2.24) is 5.32 Å². The molecule has 1 unspecified atom stereocenters. The summed E-state index contributed by atoms with van der Waals surface area (Å²) in [6, 6.07) is 9.71. The molecule has 5 nitrogen and oxygen atoms in total. The molecule has 0 aliphatic heterocycles. The van der Waals surface area contributed by atoms with Gasteiger partial charge in [0.1, 0.15) is 5.60 Å². The third-order valence-electron chi connectivity index (χ3n) is 2.88. The molecule has 1 aromatic heterocycles. The van der Waals surface area contributed by atoms with Gasteiger partial charge in [-0.3, -0.25) is 0 Å². The van der Waals surface area contributed by atoms with E-state index in [4.69, 9.17) is 4.74 Å². The van der Waals surface area contributed by atoms with E-state index in [9.17, 15) is 13.2 Å². The lowest BCUT2D eigenvalue weighted by Crippen LogP contribution is -2.38. The van der Waals surface area contributed by atoms with Crippen molar-refractivity contribution >= 4 is 27.3 Å². The molecule has 0 radical (unpaired) electrons. The first-order valence-electron chi connectivity index (χ1n) is 7.01. The Morgan fingerprint density at radius 1 is 1.17 bits per heavy atom. The van der Waals surface area contributed by atoms with E-state index >= 15 is 0 Å². The highest BCUT2D eigenvalue weighted by Gasteiger charge is 2.32. The van der Waals surface area contributed by atoms with Crippen molar-refractivity contribution in [2.24, 2.45) is 0 Å². The van der Waals surface area contributed by atoms with Crippen LogP contribution in [0.3, 0.4) is 0 Å². The summed E-state index contributed by atoms with van der Waals surface area (Å²) in [6.07, 6.45) is -0.770. The van der Waals surface area contributed by atoms with Crippen molar-refractivity contribution in [2.45, 2.75) is 36.6 Å². The number of rotatable bonds is 4. The van der Waals surface area contributed by atoms with E-state index in [1.54, 1.807) is 55.8 Å². The van der Waals surface area contributed by atoms with Gasteiger partial charge in [0.2, 0.25) is 9.84 Å². The molecule has 1 N–H and O–H groups in total. The minimum absolute atomic E-state index is 0.146. The fourth-order valence-corrected chi connectivity index (χ4v) is 4.26. The maximum atomic E-state index is 12.9. The van der Waals surface area contributed by atoms with E-state index in [1.807, 2.05) is 0 Å². The predicted octanol–water partition coefficient (Wildman–Crippen LogP) is 3.75. The van der Waals surface area contributed by atoms with Crippen molar-refractivity contribution < 1.29 is 17.9 Å². The molecule has 1 amide bonds. The highest BCUT2D eigenvalue weighted by Crippen LogP contribution is 2.28. The van der Waals surface area contributed by atoms with Crippen molar-refractivity contribution in [2.75, 3.05) is 0 Å². The van der Waals surface area contributed by atoms with Crippen LogP contribution in [0.15, 0.2) is 52.1 Å².